The maximum atomic E-state index is 10.5. The number of aliphatic hydroxyl groups is 1. The summed E-state index contributed by atoms with van der Waals surface area (Å²) in [4.78, 5) is 0. The van der Waals surface area contributed by atoms with E-state index in [2.05, 4.69) is 46.8 Å². The zero-order valence-electron chi connectivity index (χ0n) is 19.6. The first-order valence-corrected chi connectivity index (χ1v) is 12.5. The molecule has 0 bridgehead atoms. The quantitative estimate of drug-likeness (QED) is 0.358. The Kier molecular flexibility index (Phi) is 10.3. The Hall–Kier alpha value is -0.560. The van der Waals surface area contributed by atoms with Gasteiger partial charge in [0.2, 0.25) is 0 Å². The van der Waals surface area contributed by atoms with Gasteiger partial charge in [-0.3, -0.25) is 0 Å². The second kappa shape index (κ2) is 12.2. The number of hydrogen-bond donors (Lipinski definition) is 1. The lowest BCUT2D eigenvalue weighted by Gasteiger charge is -2.26. The highest BCUT2D eigenvalue weighted by molar-refractivity contribution is 5.34. The minimum Gasteiger partial charge on any atom is -0.393 e. The summed E-state index contributed by atoms with van der Waals surface area (Å²) >= 11 is 0. The molecule has 0 aromatic heterocycles. The molecule has 1 nitrogen and oxygen atoms in total. The third-order valence-electron chi connectivity index (χ3n) is 8.14. The van der Waals surface area contributed by atoms with Gasteiger partial charge in [-0.15, -0.1) is 0 Å². The number of hydrogen-bond acceptors (Lipinski definition) is 1. The predicted molar refractivity (Wildman–Crippen MR) is 123 cm³/mol. The van der Waals surface area contributed by atoms with E-state index in [1.54, 1.807) is 11.1 Å². The molecule has 1 saturated carbocycles. The Morgan fingerprint density at radius 1 is 0.964 bits per heavy atom. The highest BCUT2D eigenvalue weighted by Gasteiger charge is 2.24. The van der Waals surface area contributed by atoms with Gasteiger partial charge >= 0.3 is 0 Å². The monoisotopic (exact) mass is 388 g/mol. The van der Waals surface area contributed by atoms with Gasteiger partial charge in [0.05, 0.1) is 6.10 Å². The Morgan fingerprint density at radius 2 is 1.64 bits per heavy atom. The van der Waals surface area contributed by atoms with Crippen LogP contribution in [0.1, 0.15) is 112 Å². The van der Waals surface area contributed by atoms with Crippen molar-refractivity contribution >= 4 is 0 Å². The molecule has 2 rings (SSSR count). The zero-order valence-corrected chi connectivity index (χ0v) is 19.6. The molecule has 1 heteroatoms. The molecule has 0 heterocycles. The summed E-state index contributed by atoms with van der Waals surface area (Å²) in [5, 5.41) is 10.5. The normalized spacial score (nSPS) is 25.1. The van der Waals surface area contributed by atoms with Crippen LogP contribution in [0.25, 0.3) is 0 Å². The van der Waals surface area contributed by atoms with E-state index < -0.39 is 0 Å². The van der Waals surface area contributed by atoms with Gasteiger partial charge in [-0.25, -0.2) is 0 Å². The van der Waals surface area contributed by atoms with Gasteiger partial charge in [0.1, 0.15) is 0 Å². The summed E-state index contributed by atoms with van der Waals surface area (Å²) in [6, 6.07) is 0. The molecule has 4 unspecified atom stereocenters. The third kappa shape index (κ3) is 7.36. The van der Waals surface area contributed by atoms with Gasteiger partial charge < -0.3 is 5.11 Å². The van der Waals surface area contributed by atoms with E-state index in [0.29, 0.717) is 5.92 Å². The molecule has 0 spiro atoms. The maximum absolute atomic E-state index is 10.5. The third-order valence-corrected chi connectivity index (χ3v) is 8.14. The summed E-state index contributed by atoms with van der Waals surface area (Å²) in [6.07, 6.45) is 19.8. The van der Waals surface area contributed by atoms with Gasteiger partial charge in [-0.2, -0.15) is 0 Å². The van der Waals surface area contributed by atoms with Crippen LogP contribution in [0.3, 0.4) is 0 Å². The minimum atomic E-state index is -0.0972. The summed E-state index contributed by atoms with van der Waals surface area (Å²) < 4.78 is 0. The Bertz CT molecular complexity index is 496. The molecular formula is C27H48O. The standard InChI is InChI=1S/C27H48O/c1-6-20(3)21(4)17-23(7-2)18-26-14-13-25(22(26)5)15-16-27(28)19-24-11-9-8-10-12-24/h13-14,20-24,27-28H,6-12,15-19H2,1-5H3/t20?,21?,22?,23-,27?/m0/s1. The van der Waals surface area contributed by atoms with Crippen molar-refractivity contribution in [1.82, 2.24) is 0 Å². The molecule has 0 aromatic rings. The molecule has 28 heavy (non-hydrogen) atoms. The fraction of sp³-hybridized carbons (Fsp3) is 0.852. The van der Waals surface area contributed by atoms with E-state index >= 15 is 0 Å². The van der Waals surface area contributed by atoms with E-state index in [9.17, 15) is 5.11 Å². The van der Waals surface area contributed by atoms with Gasteiger partial charge in [0.25, 0.3) is 0 Å². The van der Waals surface area contributed by atoms with Gasteiger partial charge in [0, 0.05) is 0 Å². The molecule has 2 aliphatic rings. The molecule has 5 atom stereocenters. The molecule has 0 saturated heterocycles. The largest absolute Gasteiger partial charge is 0.393 e. The molecule has 2 aliphatic carbocycles. The van der Waals surface area contributed by atoms with Crippen LogP contribution < -0.4 is 0 Å². The smallest absolute Gasteiger partial charge is 0.0546 e. The summed E-state index contributed by atoms with van der Waals surface area (Å²) in [5.74, 6) is 3.86. The van der Waals surface area contributed by atoms with Crippen LogP contribution in [0.4, 0.5) is 0 Å². The lowest BCUT2D eigenvalue weighted by atomic mass is 9.80. The van der Waals surface area contributed by atoms with Crippen LogP contribution in [-0.2, 0) is 0 Å². The molecule has 1 fully saturated rings. The van der Waals surface area contributed by atoms with E-state index in [0.717, 1.165) is 42.9 Å². The number of allylic oxidation sites excluding steroid dienone is 4. The lowest BCUT2D eigenvalue weighted by Crippen LogP contribution is -2.17. The van der Waals surface area contributed by atoms with Crippen molar-refractivity contribution in [2.45, 2.75) is 118 Å². The van der Waals surface area contributed by atoms with E-state index in [-0.39, 0.29) is 6.10 Å². The highest BCUT2D eigenvalue weighted by atomic mass is 16.3. The number of rotatable bonds is 12. The summed E-state index contributed by atoms with van der Waals surface area (Å²) in [5.41, 5.74) is 3.20. The number of aliphatic hydroxyl groups excluding tert-OH is 1. The van der Waals surface area contributed by atoms with Crippen molar-refractivity contribution < 1.29 is 5.11 Å². The second-order valence-electron chi connectivity index (χ2n) is 10.2. The fourth-order valence-electron chi connectivity index (χ4n) is 5.43. The van der Waals surface area contributed by atoms with Crippen molar-refractivity contribution in [3.63, 3.8) is 0 Å². The van der Waals surface area contributed by atoms with Crippen molar-refractivity contribution in [3.8, 4) is 0 Å². The van der Waals surface area contributed by atoms with Gasteiger partial charge in [0.15, 0.2) is 0 Å². The SMILES string of the molecule is CCC(C)C(C)C[C@H](CC)CC1=CC=C(CCC(O)CC2CCCCC2)C1C. The molecule has 0 amide bonds. The van der Waals surface area contributed by atoms with Gasteiger partial charge in [-0.05, 0) is 61.7 Å². The predicted octanol–water partition coefficient (Wildman–Crippen LogP) is 8.09. The van der Waals surface area contributed by atoms with Crippen LogP contribution in [0, 0.1) is 29.6 Å². The molecule has 0 aliphatic heterocycles. The summed E-state index contributed by atoms with van der Waals surface area (Å²) in [6.45, 7) is 11.9. The average Bonchev–Trinajstić information content (AvgIpc) is 3.05. The van der Waals surface area contributed by atoms with Crippen molar-refractivity contribution in [1.29, 1.82) is 0 Å². The second-order valence-corrected chi connectivity index (χ2v) is 10.2. The first-order chi connectivity index (χ1) is 13.4. The van der Waals surface area contributed by atoms with Crippen LogP contribution in [0.5, 0.6) is 0 Å². The first kappa shape index (κ1) is 23.7. The molecule has 162 valence electrons. The van der Waals surface area contributed by atoms with Crippen LogP contribution in [-0.4, -0.2) is 11.2 Å². The molecular weight excluding hydrogens is 340 g/mol. The molecule has 0 radical (unpaired) electrons. The van der Waals surface area contributed by atoms with Crippen LogP contribution in [0.2, 0.25) is 0 Å². The van der Waals surface area contributed by atoms with Crippen molar-refractivity contribution in [2.75, 3.05) is 0 Å². The maximum Gasteiger partial charge on any atom is 0.0546 e. The van der Waals surface area contributed by atoms with Crippen molar-refractivity contribution in [3.05, 3.63) is 23.3 Å². The molecule has 1 N–H and O–H groups in total. The van der Waals surface area contributed by atoms with E-state index in [4.69, 9.17) is 0 Å². The van der Waals surface area contributed by atoms with E-state index in [1.165, 1.54) is 57.8 Å². The summed E-state index contributed by atoms with van der Waals surface area (Å²) in [7, 11) is 0. The minimum absolute atomic E-state index is 0.0972. The van der Waals surface area contributed by atoms with Crippen LogP contribution >= 0.6 is 0 Å². The van der Waals surface area contributed by atoms with Crippen molar-refractivity contribution in [2.24, 2.45) is 29.6 Å². The average molecular weight is 389 g/mol. The Morgan fingerprint density at radius 3 is 2.29 bits per heavy atom. The molecule has 0 aromatic carbocycles. The first-order valence-electron chi connectivity index (χ1n) is 12.5. The van der Waals surface area contributed by atoms with Crippen LogP contribution in [0.15, 0.2) is 23.3 Å². The lowest BCUT2D eigenvalue weighted by molar-refractivity contribution is 0.121. The van der Waals surface area contributed by atoms with Gasteiger partial charge in [-0.1, -0.05) is 103 Å². The Labute approximate surface area is 176 Å². The Balaban J connectivity index is 1.73. The highest BCUT2D eigenvalue weighted by Crippen LogP contribution is 2.37. The van der Waals surface area contributed by atoms with E-state index in [1.807, 2.05) is 0 Å². The zero-order chi connectivity index (χ0) is 20.5. The fourth-order valence-corrected chi connectivity index (χ4v) is 5.43. The topological polar surface area (TPSA) is 20.2 Å².